The number of aliphatic hydroxyl groups is 1. The molecule has 0 aliphatic heterocycles. The number of hydrogen-bond donors (Lipinski definition) is 2. The van der Waals surface area contributed by atoms with Gasteiger partial charge < -0.3 is 10.4 Å². The fourth-order valence-corrected chi connectivity index (χ4v) is 3.23. The summed E-state index contributed by atoms with van der Waals surface area (Å²) in [5.41, 5.74) is -0.258. The lowest BCUT2D eigenvalue weighted by Gasteiger charge is -2.41. The molecule has 1 fully saturated rings. The molecule has 0 saturated heterocycles. The number of nitrogens with zero attached hydrogens (tertiary/aromatic N) is 2. The number of carbonyl (C=O) groups excluding carboxylic acids is 1. The van der Waals surface area contributed by atoms with Gasteiger partial charge in [-0.15, -0.1) is 0 Å². The van der Waals surface area contributed by atoms with Gasteiger partial charge in [-0.1, -0.05) is 13.8 Å². The van der Waals surface area contributed by atoms with Crippen molar-refractivity contribution in [1.29, 1.82) is 0 Å². The van der Waals surface area contributed by atoms with Crippen molar-refractivity contribution >= 4 is 21.8 Å². The normalized spacial score (nSPS) is 24.8. The summed E-state index contributed by atoms with van der Waals surface area (Å²) in [6.07, 6.45) is 1.08. The van der Waals surface area contributed by atoms with Crippen LogP contribution in [-0.2, 0) is 11.3 Å². The van der Waals surface area contributed by atoms with Crippen molar-refractivity contribution in [2.45, 2.75) is 57.7 Å². The predicted molar refractivity (Wildman–Crippen MR) is 82.1 cm³/mol. The van der Waals surface area contributed by atoms with Crippen LogP contribution in [-0.4, -0.2) is 32.4 Å². The average molecular weight is 358 g/mol. The van der Waals surface area contributed by atoms with Crippen molar-refractivity contribution in [2.24, 2.45) is 0 Å². The molecule has 0 unspecified atom stereocenters. The minimum Gasteiger partial charge on any atom is -0.390 e. The van der Waals surface area contributed by atoms with E-state index in [0.29, 0.717) is 17.3 Å². The second-order valence-corrected chi connectivity index (χ2v) is 7.05. The molecule has 116 valence electrons. The summed E-state index contributed by atoms with van der Waals surface area (Å²) in [5.74, 6) is -0.113. The third kappa shape index (κ3) is 3.91. The smallest absolute Gasteiger partial charge is 0.268 e. The van der Waals surface area contributed by atoms with Gasteiger partial charge in [0.15, 0.2) is 0 Å². The van der Waals surface area contributed by atoms with Crippen molar-refractivity contribution in [3.8, 4) is 0 Å². The summed E-state index contributed by atoms with van der Waals surface area (Å²) in [6, 6.07) is 1.41. The van der Waals surface area contributed by atoms with E-state index in [1.54, 1.807) is 6.92 Å². The maximum absolute atomic E-state index is 11.9. The maximum atomic E-state index is 11.9. The van der Waals surface area contributed by atoms with E-state index in [1.807, 2.05) is 13.8 Å². The standard InChI is InChI=1S/C14H20BrN3O3/c1-8(2)13-10(15)4-12(20)18(17-13)7-11(19)16-9-5-14(3,21)6-9/h4,8-9,21H,5-7H2,1-3H3,(H,16,19). The zero-order chi connectivity index (χ0) is 15.8. The first-order valence-corrected chi connectivity index (χ1v) is 7.76. The van der Waals surface area contributed by atoms with Gasteiger partial charge in [0.1, 0.15) is 6.54 Å². The predicted octanol–water partition coefficient (Wildman–Crippen LogP) is 1.16. The molecule has 0 bridgehead atoms. The van der Waals surface area contributed by atoms with Crippen LogP contribution in [0.4, 0.5) is 0 Å². The Bertz CT molecular complexity index is 602. The van der Waals surface area contributed by atoms with Crippen LogP contribution in [0.1, 0.15) is 45.2 Å². The molecule has 1 aliphatic carbocycles. The molecule has 0 spiro atoms. The van der Waals surface area contributed by atoms with Crippen molar-refractivity contribution < 1.29 is 9.90 Å². The third-order valence-electron chi connectivity index (χ3n) is 3.56. The summed E-state index contributed by atoms with van der Waals surface area (Å²) in [4.78, 5) is 23.8. The summed E-state index contributed by atoms with van der Waals surface area (Å²) in [5, 5.41) is 16.7. The van der Waals surface area contributed by atoms with E-state index in [4.69, 9.17) is 0 Å². The summed E-state index contributed by atoms with van der Waals surface area (Å²) < 4.78 is 1.83. The van der Waals surface area contributed by atoms with E-state index in [-0.39, 0.29) is 30.0 Å². The van der Waals surface area contributed by atoms with E-state index in [0.717, 1.165) is 5.69 Å². The molecular weight excluding hydrogens is 338 g/mol. The minimum atomic E-state index is -0.685. The zero-order valence-electron chi connectivity index (χ0n) is 12.4. The molecule has 0 atom stereocenters. The first-order valence-electron chi connectivity index (χ1n) is 6.97. The highest BCUT2D eigenvalue weighted by atomic mass is 79.9. The van der Waals surface area contributed by atoms with Gasteiger partial charge in [-0.2, -0.15) is 5.10 Å². The highest BCUT2D eigenvalue weighted by Gasteiger charge is 2.39. The lowest BCUT2D eigenvalue weighted by atomic mass is 9.77. The van der Waals surface area contributed by atoms with E-state index < -0.39 is 5.60 Å². The van der Waals surface area contributed by atoms with Gasteiger partial charge in [0.2, 0.25) is 5.91 Å². The second-order valence-electron chi connectivity index (χ2n) is 6.20. The Balaban J connectivity index is 2.04. The Morgan fingerprint density at radius 3 is 2.76 bits per heavy atom. The van der Waals surface area contributed by atoms with E-state index in [9.17, 15) is 14.7 Å². The van der Waals surface area contributed by atoms with Crippen LogP contribution in [0.2, 0.25) is 0 Å². The quantitative estimate of drug-likeness (QED) is 0.846. The molecule has 7 heteroatoms. The molecule has 2 N–H and O–H groups in total. The molecule has 21 heavy (non-hydrogen) atoms. The summed E-state index contributed by atoms with van der Waals surface area (Å²) in [7, 11) is 0. The molecular formula is C14H20BrN3O3. The molecule has 1 heterocycles. The summed E-state index contributed by atoms with van der Waals surface area (Å²) in [6.45, 7) is 5.58. The molecule has 1 saturated carbocycles. The third-order valence-corrected chi connectivity index (χ3v) is 4.19. The Hall–Kier alpha value is -1.21. The van der Waals surface area contributed by atoms with Gasteiger partial charge in [0.05, 0.1) is 11.3 Å². The van der Waals surface area contributed by atoms with Gasteiger partial charge in [0.25, 0.3) is 5.56 Å². The molecule has 0 aromatic carbocycles. The van der Waals surface area contributed by atoms with Crippen LogP contribution in [0, 0.1) is 0 Å². The van der Waals surface area contributed by atoms with Gasteiger partial charge >= 0.3 is 0 Å². The van der Waals surface area contributed by atoms with Crippen LogP contribution in [0.3, 0.4) is 0 Å². The first-order chi connectivity index (χ1) is 9.68. The topological polar surface area (TPSA) is 84.2 Å². The fraction of sp³-hybridized carbons (Fsp3) is 0.643. The van der Waals surface area contributed by atoms with Gasteiger partial charge in [-0.3, -0.25) is 9.59 Å². The van der Waals surface area contributed by atoms with Crippen molar-refractivity contribution in [2.75, 3.05) is 0 Å². The monoisotopic (exact) mass is 357 g/mol. The SMILES string of the molecule is CC(C)c1nn(CC(=O)NC2CC(C)(O)C2)c(=O)cc1Br. The second kappa shape index (κ2) is 5.88. The Kier molecular flexibility index (Phi) is 4.53. The van der Waals surface area contributed by atoms with Crippen LogP contribution in [0.15, 0.2) is 15.3 Å². The Morgan fingerprint density at radius 1 is 1.62 bits per heavy atom. The Morgan fingerprint density at radius 2 is 2.24 bits per heavy atom. The number of aromatic nitrogens is 2. The molecule has 0 radical (unpaired) electrons. The Labute approximate surface area is 131 Å². The van der Waals surface area contributed by atoms with E-state index >= 15 is 0 Å². The number of carbonyl (C=O) groups is 1. The molecule has 2 rings (SSSR count). The van der Waals surface area contributed by atoms with Crippen molar-refractivity contribution in [1.82, 2.24) is 15.1 Å². The highest BCUT2D eigenvalue weighted by Crippen LogP contribution is 2.31. The lowest BCUT2D eigenvalue weighted by molar-refractivity contribution is -0.125. The number of amides is 1. The van der Waals surface area contributed by atoms with Crippen molar-refractivity contribution in [3.63, 3.8) is 0 Å². The van der Waals surface area contributed by atoms with Gasteiger partial charge in [-0.25, -0.2) is 4.68 Å². The average Bonchev–Trinajstić information content (AvgIpc) is 2.29. The van der Waals surface area contributed by atoms with E-state index in [1.165, 1.54) is 10.7 Å². The van der Waals surface area contributed by atoms with Gasteiger partial charge in [-0.05, 0) is 41.6 Å². The number of rotatable bonds is 4. The summed E-state index contributed by atoms with van der Waals surface area (Å²) >= 11 is 3.32. The van der Waals surface area contributed by atoms with Crippen LogP contribution in [0.25, 0.3) is 0 Å². The number of halogens is 1. The lowest BCUT2D eigenvalue weighted by Crippen LogP contribution is -2.54. The van der Waals surface area contributed by atoms with Crippen molar-refractivity contribution in [3.05, 3.63) is 26.6 Å². The van der Waals surface area contributed by atoms with E-state index in [2.05, 4.69) is 26.3 Å². The molecule has 1 aromatic heterocycles. The molecule has 1 aliphatic rings. The fourth-order valence-electron chi connectivity index (χ4n) is 2.50. The van der Waals surface area contributed by atoms with Crippen LogP contribution >= 0.6 is 15.9 Å². The number of nitrogens with one attached hydrogen (secondary N) is 1. The largest absolute Gasteiger partial charge is 0.390 e. The highest BCUT2D eigenvalue weighted by molar-refractivity contribution is 9.10. The number of hydrogen-bond acceptors (Lipinski definition) is 4. The maximum Gasteiger partial charge on any atom is 0.268 e. The first kappa shape index (κ1) is 16.2. The molecule has 1 amide bonds. The molecule has 1 aromatic rings. The van der Waals surface area contributed by atoms with Crippen LogP contribution in [0.5, 0.6) is 0 Å². The zero-order valence-corrected chi connectivity index (χ0v) is 14.0. The molecule has 6 nitrogen and oxygen atoms in total. The minimum absolute atomic E-state index is 0.0248. The van der Waals surface area contributed by atoms with Gasteiger partial charge in [0, 0.05) is 16.6 Å². The van der Waals surface area contributed by atoms with Crippen LogP contribution < -0.4 is 10.9 Å².